The summed E-state index contributed by atoms with van der Waals surface area (Å²) in [6.07, 6.45) is 10.8. The van der Waals surface area contributed by atoms with Crippen LogP contribution in [-0.2, 0) is 6.42 Å². The van der Waals surface area contributed by atoms with E-state index in [2.05, 4.69) is 6.92 Å². The molecule has 0 spiro atoms. The molecule has 1 aromatic carbocycles. The minimum absolute atomic E-state index is 0.0771. The van der Waals surface area contributed by atoms with Crippen LogP contribution < -0.4 is 0 Å². The molecule has 2 heteroatoms. The van der Waals surface area contributed by atoms with Gasteiger partial charge in [-0.2, -0.15) is 0 Å². The Kier molecular flexibility index (Phi) is 7.16. The lowest BCUT2D eigenvalue weighted by Gasteiger charge is -2.04. The van der Waals surface area contributed by atoms with Crippen LogP contribution in [0.3, 0.4) is 0 Å². The van der Waals surface area contributed by atoms with Gasteiger partial charge in [0.1, 0.15) is 5.75 Å². The van der Waals surface area contributed by atoms with E-state index in [0.717, 1.165) is 18.4 Å². The van der Waals surface area contributed by atoms with Crippen LogP contribution in [-0.4, -0.2) is 11.4 Å². The summed E-state index contributed by atoms with van der Waals surface area (Å²) < 4.78 is 0. The number of phenolic OH excluding ortho intramolecular Hbond substituents is 1. The number of phenols is 1. The molecule has 0 aliphatic carbocycles. The topological polar surface area (TPSA) is 37.3 Å². The van der Waals surface area contributed by atoms with Crippen molar-refractivity contribution in [2.75, 3.05) is 0 Å². The van der Waals surface area contributed by atoms with E-state index in [1.165, 1.54) is 38.5 Å². The highest BCUT2D eigenvalue weighted by molar-refractivity contribution is 5.79. The van der Waals surface area contributed by atoms with Gasteiger partial charge in [0.15, 0.2) is 6.29 Å². The molecule has 0 aliphatic heterocycles. The Bertz CT molecular complexity index is 358. The van der Waals surface area contributed by atoms with Crippen molar-refractivity contribution in [3.8, 4) is 5.75 Å². The van der Waals surface area contributed by atoms with Gasteiger partial charge in [-0.1, -0.05) is 51.5 Å². The zero-order valence-electron chi connectivity index (χ0n) is 11.3. The molecule has 18 heavy (non-hydrogen) atoms. The molecule has 0 amide bonds. The van der Waals surface area contributed by atoms with E-state index >= 15 is 0 Å². The first kappa shape index (κ1) is 14.7. The van der Waals surface area contributed by atoms with Gasteiger partial charge in [0.25, 0.3) is 0 Å². The second-order valence-corrected chi connectivity index (χ2v) is 4.88. The number of hydrogen-bond acceptors (Lipinski definition) is 2. The Morgan fingerprint density at radius 1 is 1.06 bits per heavy atom. The minimum atomic E-state index is 0.0771. The van der Waals surface area contributed by atoms with Gasteiger partial charge in [0.2, 0.25) is 0 Å². The van der Waals surface area contributed by atoms with Crippen LogP contribution in [0.4, 0.5) is 0 Å². The maximum absolute atomic E-state index is 10.7. The van der Waals surface area contributed by atoms with Gasteiger partial charge in [0, 0.05) is 0 Å². The van der Waals surface area contributed by atoms with Crippen molar-refractivity contribution in [3.05, 3.63) is 29.3 Å². The predicted octanol–water partition coefficient (Wildman–Crippen LogP) is 4.50. The highest BCUT2D eigenvalue weighted by atomic mass is 16.3. The van der Waals surface area contributed by atoms with Crippen LogP contribution in [0, 0.1) is 0 Å². The number of carbonyl (C=O) groups is 1. The van der Waals surface area contributed by atoms with Gasteiger partial charge in [-0.3, -0.25) is 4.79 Å². The maximum atomic E-state index is 10.7. The number of hydrogen-bond donors (Lipinski definition) is 1. The summed E-state index contributed by atoms with van der Waals surface area (Å²) in [4.78, 5) is 10.7. The minimum Gasteiger partial charge on any atom is -0.507 e. The quantitative estimate of drug-likeness (QED) is 0.516. The smallest absolute Gasteiger partial charge is 0.153 e. The van der Waals surface area contributed by atoms with E-state index < -0.39 is 0 Å². The van der Waals surface area contributed by atoms with E-state index in [-0.39, 0.29) is 5.75 Å². The van der Waals surface area contributed by atoms with Crippen LogP contribution in [0.15, 0.2) is 18.2 Å². The maximum Gasteiger partial charge on any atom is 0.153 e. The lowest BCUT2D eigenvalue weighted by molar-refractivity contribution is 0.112. The fourth-order valence-corrected chi connectivity index (χ4v) is 2.14. The first-order valence-corrected chi connectivity index (χ1v) is 7.05. The van der Waals surface area contributed by atoms with E-state index in [4.69, 9.17) is 0 Å². The van der Waals surface area contributed by atoms with Crippen LogP contribution in [0.1, 0.15) is 67.8 Å². The Morgan fingerprint density at radius 2 is 1.72 bits per heavy atom. The molecule has 0 atom stereocenters. The number of rotatable bonds is 9. The van der Waals surface area contributed by atoms with Gasteiger partial charge < -0.3 is 5.11 Å². The largest absolute Gasteiger partial charge is 0.507 e. The molecule has 1 N–H and O–H groups in total. The summed E-state index contributed by atoms with van der Waals surface area (Å²) in [7, 11) is 0. The van der Waals surface area contributed by atoms with Gasteiger partial charge in [-0.25, -0.2) is 0 Å². The summed E-state index contributed by atoms with van der Waals surface area (Å²) in [6, 6.07) is 5.30. The predicted molar refractivity (Wildman–Crippen MR) is 75.2 cm³/mol. The average Bonchev–Trinajstić information content (AvgIpc) is 2.39. The van der Waals surface area contributed by atoms with Crippen molar-refractivity contribution in [1.82, 2.24) is 0 Å². The second kappa shape index (κ2) is 8.73. The summed E-state index contributed by atoms with van der Waals surface area (Å²) in [5.41, 5.74) is 1.54. The number of unbranched alkanes of at least 4 members (excludes halogenated alkanes) is 6. The molecule has 0 radical (unpaired) electrons. The molecular formula is C16H24O2. The molecule has 0 saturated heterocycles. The fraction of sp³-hybridized carbons (Fsp3) is 0.562. The van der Waals surface area contributed by atoms with E-state index in [1.54, 1.807) is 12.1 Å². The molecule has 0 unspecified atom stereocenters. The molecule has 0 fully saturated rings. The van der Waals surface area contributed by atoms with Crippen molar-refractivity contribution < 1.29 is 9.90 Å². The molecule has 0 heterocycles. The lowest BCUT2D eigenvalue weighted by Crippen LogP contribution is -1.89. The second-order valence-electron chi connectivity index (χ2n) is 4.88. The number of aryl methyl sites for hydroxylation is 1. The third kappa shape index (κ3) is 5.35. The standard InChI is InChI=1S/C16H24O2/c1-2-3-4-5-6-7-8-9-14-10-11-16(18)15(12-14)13-17/h10-13,18H,2-9H2,1H3. The Balaban J connectivity index is 2.21. The first-order valence-electron chi connectivity index (χ1n) is 7.05. The molecule has 0 bridgehead atoms. The molecule has 0 saturated carbocycles. The molecular weight excluding hydrogens is 224 g/mol. The van der Waals surface area contributed by atoms with E-state index in [0.29, 0.717) is 11.8 Å². The number of aromatic hydroxyl groups is 1. The SMILES string of the molecule is CCCCCCCCCc1ccc(O)c(C=O)c1. The van der Waals surface area contributed by atoms with Crippen molar-refractivity contribution >= 4 is 6.29 Å². The van der Waals surface area contributed by atoms with Gasteiger partial charge >= 0.3 is 0 Å². The highest BCUT2D eigenvalue weighted by Gasteiger charge is 2.01. The van der Waals surface area contributed by atoms with E-state index in [1.807, 2.05) is 6.07 Å². The summed E-state index contributed by atoms with van der Waals surface area (Å²) in [6.45, 7) is 2.23. The average molecular weight is 248 g/mol. The third-order valence-electron chi connectivity index (χ3n) is 3.29. The molecule has 0 aromatic heterocycles. The first-order chi connectivity index (χ1) is 8.77. The van der Waals surface area contributed by atoms with Crippen molar-refractivity contribution in [2.24, 2.45) is 0 Å². The summed E-state index contributed by atoms with van der Waals surface area (Å²) in [5, 5.41) is 9.40. The summed E-state index contributed by atoms with van der Waals surface area (Å²) in [5.74, 6) is 0.0771. The Morgan fingerprint density at radius 3 is 2.39 bits per heavy atom. The number of benzene rings is 1. The van der Waals surface area contributed by atoms with Crippen molar-refractivity contribution in [3.63, 3.8) is 0 Å². The Labute approximate surface area is 110 Å². The molecule has 1 aromatic rings. The van der Waals surface area contributed by atoms with Crippen molar-refractivity contribution in [1.29, 1.82) is 0 Å². The van der Waals surface area contributed by atoms with E-state index in [9.17, 15) is 9.90 Å². The number of aldehydes is 1. The van der Waals surface area contributed by atoms with Crippen LogP contribution in [0.25, 0.3) is 0 Å². The highest BCUT2D eigenvalue weighted by Crippen LogP contribution is 2.18. The zero-order chi connectivity index (χ0) is 13.2. The van der Waals surface area contributed by atoms with Crippen LogP contribution in [0.5, 0.6) is 5.75 Å². The van der Waals surface area contributed by atoms with Gasteiger partial charge in [0.05, 0.1) is 5.56 Å². The normalized spacial score (nSPS) is 10.5. The van der Waals surface area contributed by atoms with Crippen LogP contribution in [0.2, 0.25) is 0 Å². The Hall–Kier alpha value is -1.31. The third-order valence-corrected chi connectivity index (χ3v) is 3.29. The van der Waals surface area contributed by atoms with Crippen LogP contribution >= 0.6 is 0 Å². The van der Waals surface area contributed by atoms with Crippen molar-refractivity contribution in [2.45, 2.75) is 58.3 Å². The lowest BCUT2D eigenvalue weighted by atomic mass is 10.0. The number of carbonyl (C=O) groups excluding carboxylic acids is 1. The fourth-order valence-electron chi connectivity index (χ4n) is 2.14. The molecule has 2 nitrogen and oxygen atoms in total. The monoisotopic (exact) mass is 248 g/mol. The molecule has 0 aliphatic rings. The molecule has 1 rings (SSSR count). The van der Waals surface area contributed by atoms with Gasteiger partial charge in [-0.15, -0.1) is 0 Å². The van der Waals surface area contributed by atoms with Gasteiger partial charge in [-0.05, 0) is 30.5 Å². The zero-order valence-corrected chi connectivity index (χ0v) is 11.3. The summed E-state index contributed by atoms with van der Waals surface area (Å²) >= 11 is 0. The molecule has 100 valence electrons.